The summed E-state index contributed by atoms with van der Waals surface area (Å²) in [6.07, 6.45) is 2.47. The lowest BCUT2D eigenvalue weighted by atomic mass is 10.1. The Balaban J connectivity index is 1.72. The average Bonchev–Trinajstić information content (AvgIpc) is 3.04. The fourth-order valence-electron chi connectivity index (χ4n) is 2.94. The van der Waals surface area contributed by atoms with Crippen molar-refractivity contribution in [2.24, 2.45) is 0 Å². The minimum absolute atomic E-state index is 0.0180. The minimum atomic E-state index is -0.125. The highest BCUT2D eigenvalue weighted by molar-refractivity contribution is 7.17. The van der Waals surface area contributed by atoms with Crippen molar-refractivity contribution in [2.75, 3.05) is 38.6 Å². The molecule has 1 fully saturated rings. The maximum Gasteiger partial charge on any atom is 0.263 e. The van der Waals surface area contributed by atoms with E-state index in [2.05, 4.69) is 20.2 Å². The predicted molar refractivity (Wildman–Crippen MR) is 97.6 cm³/mol. The number of carbonyl (C=O) groups is 1. The normalized spacial score (nSPS) is 16.5. The predicted octanol–water partition coefficient (Wildman–Crippen LogP) is 1.49. The zero-order chi connectivity index (χ0) is 17.6. The topological polar surface area (TPSA) is 93.4 Å². The summed E-state index contributed by atoms with van der Waals surface area (Å²) in [4.78, 5) is 24.2. The summed E-state index contributed by atoms with van der Waals surface area (Å²) >= 11 is 1.24. The lowest BCUT2D eigenvalue weighted by Gasteiger charge is -2.34. The van der Waals surface area contributed by atoms with E-state index in [9.17, 15) is 4.79 Å². The van der Waals surface area contributed by atoms with E-state index in [1.165, 1.54) is 11.3 Å². The molecule has 0 aromatic carbocycles. The average molecular weight is 361 g/mol. The molecule has 3 N–H and O–H groups in total. The molecule has 1 saturated heterocycles. The number of carbonyl (C=O) groups excluding carboxylic acids is 1. The molecule has 7 nitrogen and oxygen atoms in total. The molecular weight excluding hydrogens is 338 g/mol. The first-order valence-electron chi connectivity index (χ1n) is 8.45. The van der Waals surface area contributed by atoms with Crippen molar-refractivity contribution in [2.45, 2.75) is 19.4 Å². The maximum absolute atomic E-state index is 12.6. The Hall–Kier alpha value is -2.03. The molecule has 0 saturated carbocycles. The lowest BCUT2D eigenvalue weighted by Crippen LogP contribution is -2.44. The van der Waals surface area contributed by atoms with Crippen molar-refractivity contribution in [1.29, 1.82) is 0 Å². The van der Waals surface area contributed by atoms with Gasteiger partial charge in [0.15, 0.2) is 5.13 Å². The number of aromatic nitrogens is 2. The summed E-state index contributed by atoms with van der Waals surface area (Å²) in [7, 11) is 0. The van der Waals surface area contributed by atoms with Crippen LogP contribution < -0.4 is 11.1 Å². The van der Waals surface area contributed by atoms with E-state index in [1.807, 2.05) is 25.1 Å². The Labute approximate surface area is 151 Å². The van der Waals surface area contributed by atoms with Gasteiger partial charge in [-0.05, 0) is 18.6 Å². The molecule has 1 aliphatic rings. The van der Waals surface area contributed by atoms with Gasteiger partial charge in [0.2, 0.25) is 0 Å². The van der Waals surface area contributed by atoms with Gasteiger partial charge in [-0.15, -0.1) is 0 Å². The van der Waals surface area contributed by atoms with Gasteiger partial charge >= 0.3 is 0 Å². The van der Waals surface area contributed by atoms with Crippen molar-refractivity contribution in [3.05, 3.63) is 40.7 Å². The summed E-state index contributed by atoms with van der Waals surface area (Å²) in [6.45, 7) is 5.49. The van der Waals surface area contributed by atoms with Gasteiger partial charge in [0.05, 0.1) is 30.6 Å². The molecule has 2 aromatic heterocycles. The van der Waals surface area contributed by atoms with Crippen LogP contribution >= 0.6 is 11.3 Å². The molecule has 0 spiro atoms. The van der Waals surface area contributed by atoms with Crippen molar-refractivity contribution < 1.29 is 9.53 Å². The van der Waals surface area contributed by atoms with Crippen LogP contribution in [0.15, 0.2) is 24.4 Å². The molecule has 25 heavy (non-hydrogen) atoms. The number of ether oxygens (including phenoxy) is 1. The second-order valence-electron chi connectivity index (χ2n) is 5.81. The highest BCUT2D eigenvalue weighted by atomic mass is 32.1. The first-order chi connectivity index (χ1) is 12.2. The highest BCUT2D eigenvalue weighted by Crippen LogP contribution is 2.22. The van der Waals surface area contributed by atoms with E-state index in [0.717, 1.165) is 24.5 Å². The molecule has 1 atom stereocenters. The first kappa shape index (κ1) is 17.8. The third kappa shape index (κ3) is 4.33. The van der Waals surface area contributed by atoms with Gasteiger partial charge in [0, 0.05) is 25.8 Å². The van der Waals surface area contributed by atoms with Crippen LogP contribution in [0.25, 0.3) is 0 Å². The van der Waals surface area contributed by atoms with Crippen LogP contribution in [0, 0.1) is 0 Å². The van der Waals surface area contributed by atoms with Gasteiger partial charge in [0.1, 0.15) is 4.88 Å². The molecule has 0 radical (unpaired) electrons. The number of rotatable bonds is 6. The number of nitrogens with two attached hydrogens (primary N) is 1. The summed E-state index contributed by atoms with van der Waals surface area (Å²) in [5, 5.41) is 3.46. The molecule has 8 heteroatoms. The number of pyridine rings is 1. The first-order valence-corrected chi connectivity index (χ1v) is 9.26. The number of anilines is 1. The molecule has 3 heterocycles. The number of morpholine rings is 1. The monoisotopic (exact) mass is 361 g/mol. The number of amides is 1. The quantitative estimate of drug-likeness (QED) is 0.810. The molecule has 1 aliphatic heterocycles. The number of aryl methyl sites for hydroxylation is 1. The summed E-state index contributed by atoms with van der Waals surface area (Å²) in [6, 6.07) is 5.88. The summed E-state index contributed by atoms with van der Waals surface area (Å²) < 4.78 is 5.44. The molecule has 0 aliphatic carbocycles. The van der Waals surface area contributed by atoms with Crippen molar-refractivity contribution >= 4 is 22.4 Å². The van der Waals surface area contributed by atoms with Crippen LogP contribution in [0.4, 0.5) is 5.13 Å². The van der Waals surface area contributed by atoms with E-state index in [0.29, 0.717) is 36.2 Å². The van der Waals surface area contributed by atoms with Crippen LogP contribution in [0.1, 0.15) is 34.0 Å². The standard InChI is InChI=1S/C17H23N5O2S/c1-2-12-15(25-17(18)21-12)16(23)20-11-14(13-5-3-4-6-19-13)22-7-9-24-10-8-22/h3-6,14H,2,7-11H2,1H3,(H2,18,21)(H,20,23)/t14-/m1/s1. The van der Waals surface area contributed by atoms with E-state index in [4.69, 9.17) is 10.5 Å². The van der Waals surface area contributed by atoms with Crippen LogP contribution in [0.2, 0.25) is 0 Å². The summed E-state index contributed by atoms with van der Waals surface area (Å²) in [5.41, 5.74) is 7.45. The van der Waals surface area contributed by atoms with Crippen molar-refractivity contribution in [1.82, 2.24) is 20.2 Å². The van der Waals surface area contributed by atoms with Crippen LogP contribution in [0.3, 0.4) is 0 Å². The number of hydrogen-bond acceptors (Lipinski definition) is 7. The molecule has 2 aromatic rings. The Morgan fingerprint density at radius 3 is 2.92 bits per heavy atom. The van der Waals surface area contributed by atoms with Gasteiger partial charge in [-0.2, -0.15) is 0 Å². The second kappa shape index (κ2) is 8.37. The minimum Gasteiger partial charge on any atom is -0.379 e. The maximum atomic E-state index is 12.6. The zero-order valence-electron chi connectivity index (χ0n) is 14.3. The largest absolute Gasteiger partial charge is 0.379 e. The summed E-state index contributed by atoms with van der Waals surface area (Å²) in [5.74, 6) is -0.125. The SMILES string of the molecule is CCc1nc(N)sc1C(=O)NC[C@H](c1ccccn1)N1CCOCC1. The second-order valence-corrected chi connectivity index (χ2v) is 6.84. The van der Waals surface area contributed by atoms with E-state index in [1.54, 1.807) is 6.20 Å². The van der Waals surface area contributed by atoms with Crippen molar-refractivity contribution in [3.63, 3.8) is 0 Å². The van der Waals surface area contributed by atoms with Crippen molar-refractivity contribution in [3.8, 4) is 0 Å². The number of nitrogen functional groups attached to an aromatic ring is 1. The van der Waals surface area contributed by atoms with Gasteiger partial charge in [-0.1, -0.05) is 24.3 Å². The molecule has 3 rings (SSSR count). The van der Waals surface area contributed by atoms with Crippen LogP contribution in [-0.4, -0.2) is 53.6 Å². The number of nitrogens with one attached hydrogen (secondary N) is 1. The third-order valence-corrected chi connectivity index (χ3v) is 5.15. The van der Waals surface area contributed by atoms with Gasteiger partial charge in [0.25, 0.3) is 5.91 Å². The molecular formula is C17H23N5O2S. The van der Waals surface area contributed by atoms with Crippen LogP contribution in [0.5, 0.6) is 0 Å². The Morgan fingerprint density at radius 2 is 2.24 bits per heavy atom. The van der Waals surface area contributed by atoms with Gasteiger partial charge < -0.3 is 15.8 Å². The van der Waals surface area contributed by atoms with Gasteiger partial charge in [-0.25, -0.2) is 4.98 Å². The molecule has 0 unspecified atom stereocenters. The Kier molecular flexibility index (Phi) is 5.95. The van der Waals surface area contributed by atoms with Crippen LogP contribution in [-0.2, 0) is 11.2 Å². The smallest absolute Gasteiger partial charge is 0.263 e. The fourth-order valence-corrected chi connectivity index (χ4v) is 3.78. The van der Waals surface area contributed by atoms with E-state index in [-0.39, 0.29) is 11.9 Å². The molecule has 1 amide bonds. The van der Waals surface area contributed by atoms with E-state index < -0.39 is 0 Å². The fraction of sp³-hybridized carbons (Fsp3) is 0.471. The molecule has 0 bridgehead atoms. The third-order valence-electron chi connectivity index (χ3n) is 4.23. The highest BCUT2D eigenvalue weighted by Gasteiger charge is 2.25. The number of thiazole rings is 1. The zero-order valence-corrected chi connectivity index (χ0v) is 15.1. The molecule has 134 valence electrons. The number of nitrogens with zero attached hydrogens (tertiary/aromatic N) is 3. The Morgan fingerprint density at radius 1 is 1.44 bits per heavy atom. The Bertz CT molecular complexity index is 700. The van der Waals surface area contributed by atoms with Gasteiger partial charge in [-0.3, -0.25) is 14.7 Å². The van der Waals surface area contributed by atoms with E-state index >= 15 is 0 Å². The number of hydrogen-bond donors (Lipinski definition) is 2. The lowest BCUT2D eigenvalue weighted by molar-refractivity contribution is 0.0154.